The van der Waals surface area contributed by atoms with Crippen molar-refractivity contribution in [1.82, 2.24) is 10.3 Å². The molecular weight excluding hydrogens is 215 g/mol. The van der Waals surface area contributed by atoms with Crippen molar-refractivity contribution in [3.8, 4) is 0 Å². The lowest BCUT2D eigenvalue weighted by Gasteiger charge is -2.20. The molecule has 2 saturated heterocycles. The molecule has 3 heterocycles. The molecule has 0 aliphatic carbocycles. The highest BCUT2D eigenvalue weighted by atomic mass is 35.5. The summed E-state index contributed by atoms with van der Waals surface area (Å²) in [4.78, 5) is 3.68. The van der Waals surface area contributed by atoms with Crippen molar-refractivity contribution >= 4 is 11.6 Å². The molecule has 2 nitrogen and oxygen atoms in total. The van der Waals surface area contributed by atoms with E-state index in [-0.39, 0.29) is 5.02 Å². The van der Waals surface area contributed by atoms with Gasteiger partial charge in [-0.25, -0.2) is 4.98 Å². The van der Waals surface area contributed by atoms with E-state index in [9.17, 15) is 4.39 Å². The molecule has 0 aromatic carbocycles. The van der Waals surface area contributed by atoms with Gasteiger partial charge in [0.15, 0.2) is 0 Å². The largest absolute Gasteiger partial charge is 0.311 e. The Labute approximate surface area is 92.8 Å². The Morgan fingerprint density at radius 2 is 2.33 bits per heavy atom. The van der Waals surface area contributed by atoms with Gasteiger partial charge in [0.25, 0.3) is 0 Å². The van der Waals surface area contributed by atoms with Crippen LogP contribution in [0, 0.1) is 5.95 Å². The number of rotatable bonds is 1. The van der Waals surface area contributed by atoms with Gasteiger partial charge in [-0.2, -0.15) is 4.39 Å². The average molecular weight is 227 g/mol. The molecule has 1 aromatic rings. The van der Waals surface area contributed by atoms with Gasteiger partial charge in [-0.15, -0.1) is 0 Å². The van der Waals surface area contributed by atoms with E-state index in [0.29, 0.717) is 18.0 Å². The van der Waals surface area contributed by atoms with Gasteiger partial charge in [0, 0.05) is 24.2 Å². The average Bonchev–Trinajstić information content (AvgIpc) is 2.83. The van der Waals surface area contributed by atoms with Crippen LogP contribution in [0.3, 0.4) is 0 Å². The lowest BCUT2D eigenvalue weighted by molar-refractivity contribution is 0.502. The van der Waals surface area contributed by atoms with Gasteiger partial charge in [-0.3, -0.25) is 0 Å². The monoisotopic (exact) mass is 226 g/mol. The van der Waals surface area contributed by atoms with Crippen molar-refractivity contribution in [2.45, 2.75) is 37.3 Å². The van der Waals surface area contributed by atoms with Crippen molar-refractivity contribution in [3.63, 3.8) is 0 Å². The number of aromatic nitrogens is 1. The molecule has 3 rings (SSSR count). The Kier molecular flexibility index (Phi) is 2.18. The Morgan fingerprint density at radius 3 is 2.93 bits per heavy atom. The quantitative estimate of drug-likeness (QED) is 0.745. The molecule has 0 unspecified atom stereocenters. The molecule has 1 N–H and O–H groups in total. The highest BCUT2D eigenvalue weighted by molar-refractivity contribution is 6.30. The Bertz CT molecular complexity index is 396. The summed E-state index contributed by atoms with van der Waals surface area (Å²) in [6.07, 6.45) is 5.23. The van der Waals surface area contributed by atoms with E-state index in [4.69, 9.17) is 11.6 Å². The van der Waals surface area contributed by atoms with Crippen LogP contribution in [0.5, 0.6) is 0 Å². The van der Waals surface area contributed by atoms with Crippen LogP contribution in [0.4, 0.5) is 4.39 Å². The maximum absolute atomic E-state index is 12.9. The fourth-order valence-corrected chi connectivity index (χ4v) is 3.01. The normalized spacial score (nSPS) is 33.6. The molecule has 3 atom stereocenters. The maximum Gasteiger partial charge on any atom is 0.231 e. The second-order valence-electron chi connectivity index (χ2n) is 4.43. The molecule has 2 aliphatic heterocycles. The number of nitrogens with zero attached hydrogens (tertiary/aromatic N) is 1. The van der Waals surface area contributed by atoms with E-state index in [2.05, 4.69) is 10.3 Å². The summed E-state index contributed by atoms with van der Waals surface area (Å²) in [5.74, 6) is -0.106. The van der Waals surface area contributed by atoms with Crippen molar-refractivity contribution in [2.75, 3.05) is 0 Å². The highest BCUT2D eigenvalue weighted by Crippen LogP contribution is 2.40. The molecule has 2 fully saturated rings. The van der Waals surface area contributed by atoms with Gasteiger partial charge < -0.3 is 5.32 Å². The van der Waals surface area contributed by atoms with E-state index in [0.717, 1.165) is 12.0 Å². The molecule has 80 valence electrons. The van der Waals surface area contributed by atoms with Gasteiger partial charge in [-0.05, 0) is 30.9 Å². The Morgan fingerprint density at radius 1 is 1.47 bits per heavy atom. The van der Waals surface area contributed by atoms with Crippen LogP contribution in [-0.2, 0) is 0 Å². The first-order valence-corrected chi connectivity index (χ1v) is 5.69. The van der Waals surface area contributed by atoms with Crippen molar-refractivity contribution < 1.29 is 4.39 Å². The zero-order valence-electron chi connectivity index (χ0n) is 8.21. The summed E-state index contributed by atoms with van der Waals surface area (Å²) >= 11 is 5.74. The van der Waals surface area contributed by atoms with Crippen LogP contribution in [0.15, 0.2) is 12.3 Å². The smallest absolute Gasteiger partial charge is 0.231 e. The third-order valence-electron chi connectivity index (χ3n) is 3.55. The number of hydrogen-bond acceptors (Lipinski definition) is 2. The molecule has 0 amide bonds. The van der Waals surface area contributed by atoms with Crippen LogP contribution >= 0.6 is 11.6 Å². The highest BCUT2D eigenvalue weighted by Gasteiger charge is 2.39. The first kappa shape index (κ1) is 9.55. The van der Waals surface area contributed by atoms with Gasteiger partial charge >= 0.3 is 0 Å². The van der Waals surface area contributed by atoms with E-state index in [1.54, 1.807) is 12.3 Å². The molecule has 15 heavy (non-hydrogen) atoms. The van der Waals surface area contributed by atoms with Crippen molar-refractivity contribution in [1.29, 1.82) is 0 Å². The fraction of sp³-hybridized carbons (Fsp3) is 0.545. The summed E-state index contributed by atoms with van der Waals surface area (Å²) in [6, 6.07) is 2.90. The number of hydrogen-bond donors (Lipinski definition) is 1. The van der Waals surface area contributed by atoms with Crippen LogP contribution in [0.2, 0.25) is 5.02 Å². The van der Waals surface area contributed by atoms with Crippen LogP contribution < -0.4 is 5.32 Å². The van der Waals surface area contributed by atoms with Crippen LogP contribution in [0.1, 0.15) is 30.7 Å². The number of nitrogens with one attached hydrogen (secondary N) is 1. The van der Waals surface area contributed by atoms with Gasteiger partial charge in [0.2, 0.25) is 5.95 Å². The standard InChI is InChI=1S/C11H12ClFN2/c12-9-3-6(5-14-11(9)13)8-4-7-1-2-10(8)15-7/h3,5,7-8,10,15H,1-2,4H2/t7-,8+,10+/m0/s1. The molecule has 2 aliphatic rings. The number of fused-ring (bicyclic) bond motifs is 2. The lowest BCUT2D eigenvalue weighted by atomic mass is 9.85. The summed E-state index contributed by atoms with van der Waals surface area (Å²) in [7, 11) is 0. The van der Waals surface area contributed by atoms with Crippen LogP contribution in [-0.4, -0.2) is 17.1 Å². The predicted octanol–water partition coefficient (Wildman–Crippen LogP) is 2.48. The second kappa shape index (κ2) is 3.42. The van der Waals surface area contributed by atoms with E-state index in [1.807, 2.05) is 0 Å². The molecule has 0 radical (unpaired) electrons. The zero-order chi connectivity index (χ0) is 10.4. The lowest BCUT2D eigenvalue weighted by Crippen LogP contribution is -2.21. The predicted molar refractivity (Wildman–Crippen MR) is 56.5 cm³/mol. The molecule has 0 spiro atoms. The fourth-order valence-electron chi connectivity index (χ4n) is 2.83. The minimum atomic E-state index is -0.573. The summed E-state index contributed by atoms with van der Waals surface area (Å²) in [6.45, 7) is 0. The SMILES string of the molecule is Fc1ncc([C@H]2C[C@@H]3CC[C@H]2N3)cc1Cl. The van der Waals surface area contributed by atoms with Crippen molar-refractivity contribution in [3.05, 3.63) is 28.8 Å². The number of pyridine rings is 1. The first-order chi connectivity index (χ1) is 7.24. The Hall–Kier alpha value is -0.670. The van der Waals surface area contributed by atoms with E-state index < -0.39 is 5.95 Å². The van der Waals surface area contributed by atoms with E-state index in [1.165, 1.54) is 12.8 Å². The second-order valence-corrected chi connectivity index (χ2v) is 4.84. The number of halogens is 2. The third kappa shape index (κ3) is 1.54. The molecular formula is C11H12ClFN2. The summed E-state index contributed by atoms with van der Waals surface area (Å²) in [5.41, 5.74) is 1.07. The first-order valence-electron chi connectivity index (χ1n) is 5.31. The third-order valence-corrected chi connectivity index (χ3v) is 3.81. The molecule has 4 heteroatoms. The topological polar surface area (TPSA) is 24.9 Å². The molecule has 1 aromatic heterocycles. The minimum absolute atomic E-state index is 0.135. The van der Waals surface area contributed by atoms with Crippen molar-refractivity contribution in [2.24, 2.45) is 0 Å². The zero-order valence-corrected chi connectivity index (χ0v) is 8.97. The maximum atomic E-state index is 12.9. The molecule has 2 bridgehead atoms. The molecule has 0 saturated carbocycles. The van der Waals surface area contributed by atoms with Gasteiger partial charge in [0.1, 0.15) is 0 Å². The van der Waals surface area contributed by atoms with Gasteiger partial charge in [0.05, 0.1) is 5.02 Å². The van der Waals surface area contributed by atoms with E-state index >= 15 is 0 Å². The summed E-state index contributed by atoms with van der Waals surface area (Å²) in [5, 5.41) is 3.68. The van der Waals surface area contributed by atoms with Gasteiger partial charge in [-0.1, -0.05) is 11.6 Å². The van der Waals surface area contributed by atoms with Crippen LogP contribution in [0.25, 0.3) is 0 Å². The Balaban J connectivity index is 1.90. The summed E-state index contributed by atoms with van der Waals surface area (Å²) < 4.78 is 12.9. The minimum Gasteiger partial charge on any atom is -0.311 e.